The molecular weight excluding hydrogens is 286 g/mol. The van der Waals surface area contributed by atoms with Gasteiger partial charge in [0.2, 0.25) is 0 Å². The molecule has 0 aliphatic rings. The van der Waals surface area contributed by atoms with Gasteiger partial charge < -0.3 is 10.6 Å². The van der Waals surface area contributed by atoms with Gasteiger partial charge in [0.15, 0.2) is 0 Å². The maximum atomic E-state index is 12.7. The zero-order valence-electron chi connectivity index (χ0n) is 12.1. The molecule has 0 radical (unpaired) electrons. The molecule has 1 aromatic heterocycles. The quantitative estimate of drug-likeness (QED) is 0.881. The summed E-state index contributed by atoms with van der Waals surface area (Å²) in [6.07, 6.45) is 3.48. The van der Waals surface area contributed by atoms with Gasteiger partial charge >= 0.3 is 0 Å². The van der Waals surface area contributed by atoms with E-state index in [9.17, 15) is 4.79 Å². The van der Waals surface area contributed by atoms with Crippen molar-refractivity contribution < 1.29 is 4.79 Å². The number of nitrogens with two attached hydrogens (primary N) is 1. The van der Waals surface area contributed by atoms with E-state index >= 15 is 0 Å². The largest absolute Gasteiger partial charge is 0.398 e. The fraction of sp³-hybridized carbons (Fsp3) is 0.250. The fourth-order valence-electron chi connectivity index (χ4n) is 2.00. The normalized spacial score (nSPS) is 10.7. The second-order valence-electron chi connectivity index (χ2n) is 5.12. The first kappa shape index (κ1) is 15.3. The Morgan fingerprint density at radius 2 is 2.14 bits per heavy atom. The predicted octanol–water partition coefficient (Wildman–Crippen LogP) is 3.37. The van der Waals surface area contributed by atoms with Crippen LogP contribution in [0.25, 0.3) is 0 Å². The summed E-state index contributed by atoms with van der Waals surface area (Å²) in [6.45, 7) is 4.46. The Hall–Kier alpha value is -2.07. The Bertz CT molecular complexity index is 629. The summed E-state index contributed by atoms with van der Waals surface area (Å²) in [7, 11) is 0. The Morgan fingerprint density at radius 3 is 2.71 bits per heavy atom. The van der Waals surface area contributed by atoms with E-state index in [1.807, 2.05) is 26.0 Å². The molecule has 0 unspecified atom stereocenters. The number of amides is 1. The summed E-state index contributed by atoms with van der Waals surface area (Å²) in [6, 6.07) is 8.83. The summed E-state index contributed by atoms with van der Waals surface area (Å²) in [5.74, 6) is -0.0734. The molecule has 0 saturated carbocycles. The minimum Gasteiger partial charge on any atom is -0.398 e. The fourth-order valence-corrected chi connectivity index (χ4v) is 2.18. The molecule has 1 heterocycles. The van der Waals surface area contributed by atoms with Gasteiger partial charge in [0.05, 0.1) is 10.7 Å². The molecule has 0 fully saturated rings. The van der Waals surface area contributed by atoms with Crippen LogP contribution in [0.15, 0.2) is 42.7 Å². The van der Waals surface area contributed by atoms with E-state index < -0.39 is 0 Å². The van der Waals surface area contributed by atoms with Crippen molar-refractivity contribution in [1.82, 2.24) is 9.88 Å². The monoisotopic (exact) mass is 303 g/mol. The topological polar surface area (TPSA) is 59.2 Å². The highest BCUT2D eigenvalue weighted by atomic mass is 35.5. The smallest absolute Gasteiger partial charge is 0.254 e. The molecule has 2 rings (SSSR count). The van der Waals surface area contributed by atoms with Gasteiger partial charge in [0, 0.05) is 30.5 Å². The summed E-state index contributed by atoms with van der Waals surface area (Å²) >= 11 is 6.00. The molecule has 0 aliphatic heterocycles. The predicted molar refractivity (Wildman–Crippen MR) is 85.1 cm³/mol. The lowest BCUT2D eigenvalue weighted by atomic mass is 10.1. The lowest BCUT2D eigenvalue weighted by Crippen LogP contribution is -2.36. The van der Waals surface area contributed by atoms with Crippen molar-refractivity contribution in [3.05, 3.63) is 58.9 Å². The van der Waals surface area contributed by atoms with E-state index in [-0.39, 0.29) is 11.9 Å². The van der Waals surface area contributed by atoms with Gasteiger partial charge in [-0.15, -0.1) is 0 Å². The molecule has 0 spiro atoms. The number of hydrogen-bond acceptors (Lipinski definition) is 3. The van der Waals surface area contributed by atoms with Crippen molar-refractivity contribution in [2.75, 3.05) is 5.73 Å². The van der Waals surface area contributed by atoms with Crippen molar-refractivity contribution in [2.45, 2.75) is 26.4 Å². The average molecular weight is 304 g/mol. The third kappa shape index (κ3) is 3.73. The van der Waals surface area contributed by atoms with Crippen LogP contribution in [0.3, 0.4) is 0 Å². The Balaban J connectivity index is 2.25. The van der Waals surface area contributed by atoms with Crippen LogP contribution in [-0.2, 0) is 6.54 Å². The molecule has 21 heavy (non-hydrogen) atoms. The van der Waals surface area contributed by atoms with Gasteiger partial charge in [-0.2, -0.15) is 0 Å². The molecule has 0 saturated heterocycles. The highest BCUT2D eigenvalue weighted by Gasteiger charge is 2.19. The van der Waals surface area contributed by atoms with Crippen LogP contribution in [-0.4, -0.2) is 21.8 Å². The molecule has 5 heteroatoms. The van der Waals surface area contributed by atoms with E-state index in [4.69, 9.17) is 17.3 Å². The van der Waals surface area contributed by atoms with E-state index in [1.165, 1.54) is 0 Å². The van der Waals surface area contributed by atoms with E-state index in [2.05, 4.69) is 4.98 Å². The van der Waals surface area contributed by atoms with E-state index in [1.54, 1.807) is 35.5 Å². The number of halogens is 1. The average Bonchev–Trinajstić information content (AvgIpc) is 2.47. The molecule has 0 atom stereocenters. The number of nitrogen functional groups attached to an aromatic ring is 1. The zero-order valence-corrected chi connectivity index (χ0v) is 12.8. The molecular formula is C16H18ClN3O. The van der Waals surface area contributed by atoms with Crippen LogP contribution < -0.4 is 5.73 Å². The van der Waals surface area contributed by atoms with Gasteiger partial charge in [0.1, 0.15) is 0 Å². The van der Waals surface area contributed by atoms with E-state index in [0.29, 0.717) is 22.8 Å². The minimum atomic E-state index is -0.0734. The summed E-state index contributed by atoms with van der Waals surface area (Å²) in [5, 5.41) is 0.394. The number of aromatic nitrogens is 1. The van der Waals surface area contributed by atoms with Crippen LogP contribution in [0.4, 0.5) is 5.69 Å². The molecule has 2 aromatic rings. The number of benzene rings is 1. The first-order chi connectivity index (χ1) is 9.99. The number of rotatable bonds is 4. The molecule has 1 aromatic carbocycles. The first-order valence-electron chi connectivity index (χ1n) is 6.74. The standard InChI is InChI=1S/C16H18ClN3O/c1-11(2)20(10-12-4-3-7-19-9-12)16(21)13-5-6-15(18)14(17)8-13/h3-9,11H,10,18H2,1-2H3. The number of carbonyl (C=O) groups excluding carboxylic acids is 1. The van der Waals surface area contributed by atoms with Gasteiger partial charge in [-0.3, -0.25) is 9.78 Å². The Kier molecular flexibility index (Phi) is 4.81. The molecule has 1 amide bonds. The molecule has 0 aliphatic carbocycles. The SMILES string of the molecule is CC(C)N(Cc1cccnc1)C(=O)c1ccc(N)c(Cl)c1. The zero-order chi connectivity index (χ0) is 15.4. The van der Waals surface area contributed by atoms with Crippen molar-refractivity contribution in [2.24, 2.45) is 0 Å². The van der Waals surface area contributed by atoms with Crippen molar-refractivity contribution in [3.63, 3.8) is 0 Å². The summed E-state index contributed by atoms with van der Waals surface area (Å²) < 4.78 is 0. The number of hydrogen-bond donors (Lipinski definition) is 1. The molecule has 4 nitrogen and oxygen atoms in total. The summed E-state index contributed by atoms with van der Waals surface area (Å²) in [5.41, 5.74) is 7.67. The van der Waals surface area contributed by atoms with Crippen LogP contribution in [0.2, 0.25) is 5.02 Å². The van der Waals surface area contributed by atoms with E-state index in [0.717, 1.165) is 5.56 Å². The number of pyridine rings is 1. The van der Waals surface area contributed by atoms with Crippen LogP contribution >= 0.6 is 11.6 Å². The Labute approximate surface area is 129 Å². The highest BCUT2D eigenvalue weighted by molar-refractivity contribution is 6.33. The molecule has 110 valence electrons. The van der Waals surface area contributed by atoms with Gasteiger partial charge in [-0.05, 0) is 43.7 Å². The third-order valence-electron chi connectivity index (χ3n) is 3.21. The second kappa shape index (κ2) is 6.59. The van der Waals surface area contributed by atoms with Crippen LogP contribution in [0, 0.1) is 0 Å². The minimum absolute atomic E-state index is 0.0639. The maximum absolute atomic E-state index is 12.7. The van der Waals surface area contributed by atoms with Gasteiger partial charge in [-0.1, -0.05) is 17.7 Å². The highest BCUT2D eigenvalue weighted by Crippen LogP contribution is 2.21. The molecule has 0 bridgehead atoms. The first-order valence-corrected chi connectivity index (χ1v) is 7.11. The van der Waals surface area contributed by atoms with Gasteiger partial charge in [0.25, 0.3) is 5.91 Å². The van der Waals surface area contributed by atoms with Gasteiger partial charge in [-0.25, -0.2) is 0 Å². The van der Waals surface area contributed by atoms with Crippen molar-refractivity contribution in [1.29, 1.82) is 0 Å². The van der Waals surface area contributed by atoms with Crippen molar-refractivity contribution in [3.8, 4) is 0 Å². The Morgan fingerprint density at radius 1 is 1.38 bits per heavy atom. The maximum Gasteiger partial charge on any atom is 0.254 e. The third-order valence-corrected chi connectivity index (χ3v) is 3.53. The lowest BCUT2D eigenvalue weighted by Gasteiger charge is -2.27. The number of carbonyl (C=O) groups is 1. The van der Waals surface area contributed by atoms with Crippen molar-refractivity contribution >= 4 is 23.2 Å². The number of anilines is 1. The van der Waals surface area contributed by atoms with Crippen LogP contribution in [0.1, 0.15) is 29.8 Å². The van der Waals surface area contributed by atoms with Crippen LogP contribution in [0.5, 0.6) is 0 Å². The second-order valence-corrected chi connectivity index (χ2v) is 5.53. The number of nitrogens with zero attached hydrogens (tertiary/aromatic N) is 2. The molecule has 2 N–H and O–H groups in total. The lowest BCUT2D eigenvalue weighted by molar-refractivity contribution is 0.0690. The summed E-state index contributed by atoms with van der Waals surface area (Å²) in [4.78, 5) is 18.5.